The van der Waals surface area contributed by atoms with Crippen molar-refractivity contribution in [3.8, 4) is 55.6 Å². The quantitative estimate of drug-likeness (QED) is 0.142. The van der Waals surface area contributed by atoms with Gasteiger partial charge in [-0.3, -0.25) is 0 Å². The summed E-state index contributed by atoms with van der Waals surface area (Å²) in [5, 5.41) is 0. The van der Waals surface area contributed by atoms with Crippen molar-refractivity contribution in [1.29, 1.82) is 0 Å². The Balaban J connectivity index is 0.000000160. The highest BCUT2D eigenvalue weighted by atomic mass is 14.4. The minimum Gasteiger partial charge on any atom is -0.0870 e. The van der Waals surface area contributed by atoms with Crippen LogP contribution in [0.25, 0.3) is 67.3 Å². The van der Waals surface area contributed by atoms with Gasteiger partial charge in [-0.15, -0.1) is 0 Å². The largest absolute Gasteiger partial charge is 0.0870 e. The summed E-state index contributed by atoms with van der Waals surface area (Å²) in [6.45, 7) is 18.3. The fourth-order valence-electron chi connectivity index (χ4n) is 12.6. The molecule has 0 N–H and O–H groups in total. The zero-order chi connectivity index (χ0) is 49.7. The number of fused-ring (bicyclic) bond motifs is 7. The summed E-state index contributed by atoms with van der Waals surface area (Å²) in [7, 11) is 0. The first-order valence-electron chi connectivity index (χ1n) is 26.3. The standard InChI is InChI=1S/C40H36.C32H30/c1-4-13-31-32-18-11-12-19-33(32)36(28-16-9-6-10-17-28)26-37(31)30-21-23-35-34-22-20-29(27-14-7-5-8-15-27)24-38(34)40(2,3)39(35)25-30;1-6-10-26-25(13-9-14-27(26)24-12-8-7-11-22(24)3)23-16-18-29-28-17-15-21(2)19-30(28)32(4,5)31(29)20-23/h5-12,14-26,31,37H,4,13H2,1-3H3;6-20H,1-5H3/b;10-6+. The molecule has 0 nitrogen and oxygen atoms in total. The van der Waals surface area contributed by atoms with Crippen molar-refractivity contribution in [2.24, 2.45) is 0 Å². The smallest absolute Gasteiger partial charge is 0.0159 e. The third-order valence-corrected chi connectivity index (χ3v) is 16.3. The third-order valence-electron chi connectivity index (χ3n) is 16.3. The molecule has 0 bridgehead atoms. The van der Waals surface area contributed by atoms with Gasteiger partial charge in [0.2, 0.25) is 0 Å². The Labute approximate surface area is 429 Å². The molecule has 0 radical (unpaired) electrons. The SMILES string of the molecule is C/C=C/c1c(-c2ccc3c(c2)C(C)(C)c2cc(C)ccc2-3)cccc1-c1ccccc1C.CCCC1c2ccccc2C(c2ccccc2)=CC1c1ccc2c(c1)C(C)(C)c1cc(-c3ccccc3)ccc1-2. The molecule has 0 aromatic heterocycles. The van der Waals surface area contributed by atoms with Crippen molar-refractivity contribution in [2.45, 2.75) is 90.9 Å². The maximum atomic E-state index is 2.57. The Morgan fingerprint density at radius 3 is 1.62 bits per heavy atom. The van der Waals surface area contributed by atoms with Gasteiger partial charge in [0.1, 0.15) is 0 Å². The molecule has 9 aromatic rings. The van der Waals surface area contributed by atoms with Crippen LogP contribution in [0.5, 0.6) is 0 Å². The Kier molecular flexibility index (Phi) is 12.3. The number of rotatable bonds is 8. The summed E-state index contributed by atoms with van der Waals surface area (Å²) < 4.78 is 0. The summed E-state index contributed by atoms with van der Waals surface area (Å²) in [4.78, 5) is 0. The number of hydrogen-bond donors (Lipinski definition) is 0. The molecule has 0 fully saturated rings. The number of allylic oxidation sites excluding steroid dienone is 2. The predicted molar refractivity (Wildman–Crippen MR) is 309 cm³/mol. The van der Waals surface area contributed by atoms with E-state index < -0.39 is 0 Å². The summed E-state index contributed by atoms with van der Waals surface area (Å²) in [5.74, 6) is 0.818. The second-order valence-electron chi connectivity index (χ2n) is 21.5. The molecular formula is C72H66. The highest BCUT2D eigenvalue weighted by molar-refractivity contribution is 5.91. The van der Waals surface area contributed by atoms with E-state index in [0.29, 0.717) is 11.8 Å². The van der Waals surface area contributed by atoms with Gasteiger partial charge in [-0.05, 0) is 162 Å². The molecule has 0 aliphatic heterocycles. The van der Waals surface area contributed by atoms with E-state index in [1.54, 1.807) is 0 Å². The van der Waals surface area contributed by atoms with Gasteiger partial charge < -0.3 is 0 Å². The molecule has 3 aliphatic carbocycles. The van der Waals surface area contributed by atoms with E-state index in [0.717, 1.165) is 0 Å². The van der Waals surface area contributed by atoms with Gasteiger partial charge in [0.25, 0.3) is 0 Å². The first-order valence-corrected chi connectivity index (χ1v) is 26.3. The molecule has 12 rings (SSSR count). The monoisotopic (exact) mass is 931 g/mol. The maximum Gasteiger partial charge on any atom is 0.0159 e. The fraction of sp³-hybridized carbons (Fsp3) is 0.194. The van der Waals surface area contributed by atoms with E-state index in [2.05, 4.69) is 274 Å². The van der Waals surface area contributed by atoms with Crippen molar-refractivity contribution >= 4 is 11.6 Å². The van der Waals surface area contributed by atoms with Crippen molar-refractivity contribution in [2.75, 3.05) is 0 Å². The molecule has 72 heavy (non-hydrogen) atoms. The lowest BCUT2D eigenvalue weighted by Crippen LogP contribution is -2.19. The molecule has 0 saturated carbocycles. The van der Waals surface area contributed by atoms with Gasteiger partial charge >= 0.3 is 0 Å². The Morgan fingerprint density at radius 1 is 0.431 bits per heavy atom. The zero-order valence-electron chi connectivity index (χ0n) is 43.4. The van der Waals surface area contributed by atoms with Crippen molar-refractivity contribution in [3.63, 3.8) is 0 Å². The Morgan fingerprint density at radius 2 is 0.958 bits per heavy atom. The van der Waals surface area contributed by atoms with Gasteiger partial charge in [-0.2, -0.15) is 0 Å². The molecular weight excluding hydrogens is 865 g/mol. The molecule has 9 aromatic carbocycles. The summed E-state index contributed by atoms with van der Waals surface area (Å²) in [6.07, 6.45) is 9.34. The molecule has 3 aliphatic rings. The average Bonchev–Trinajstić information content (AvgIpc) is 3.77. The summed E-state index contributed by atoms with van der Waals surface area (Å²) >= 11 is 0. The number of aryl methyl sites for hydroxylation is 2. The van der Waals surface area contributed by atoms with Crippen molar-refractivity contribution in [3.05, 3.63) is 274 Å². The van der Waals surface area contributed by atoms with E-state index in [4.69, 9.17) is 0 Å². The average molecular weight is 931 g/mol. The van der Waals surface area contributed by atoms with E-state index >= 15 is 0 Å². The van der Waals surface area contributed by atoms with Gasteiger partial charge in [0, 0.05) is 16.7 Å². The lowest BCUT2D eigenvalue weighted by atomic mass is 9.70. The molecule has 354 valence electrons. The van der Waals surface area contributed by atoms with Crippen LogP contribution in [-0.4, -0.2) is 0 Å². The maximum absolute atomic E-state index is 2.57. The number of benzene rings is 9. The van der Waals surface area contributed by atoms with Crippen LogP contribution < -0.4 is 0 Å². The molecule has 0 saturated heterocycles. The fourth-order valence-corrected chi connectivity index (χ4v) is 12.6. The van der Waals surface area contributed by atoms with E-state index in [1.807, 2.05) is 0 Å². The van der Waals surface area contributed by atoms with Crippen LogP contribution in [0.15, 0.2) is 212 Å². The van der Waals surface area contributed by atoms with Gasteiger partial charge in [-0.25, -0.2) is 0 Å². The van der Waals surface area contributed by atoms with E-state index in [1.165, 1.54) is 135 Å². The Hall–Kier alpha value is -7.54. The van der Waals surface area contributed by atoms with Crippen molar-refractivity contribution < 1.29 is 0 Å². The van der Waals surface area contributed by atoms with Crippen LogP contribution in [-0.2, 0) is 10.8 Å². The van der Waals surface area contributed by atoms with Crippen molar-refractivity contribution in [1.82, 2.24) is 0 Å². The minimum absolute atomic E-state index is 0.00108. The van der Waals surface area contributed by atoms with Gasteiger partial charge in [-0.1, -0.05) is 253 Å². The Bertz CT molecular complexity index is 3560. The van der Waals surface area contributed by atoms with Gasteiger partial charge in [0.05, 0.1) is 0 Å². The topological polar surface area (TPSA) is 0 Å². The lowest BCUT2D eigenvalue weighted by Gasteiger charge is -2.34. The summed E-state index contributed by atoms with van der Waals surface area (Å²) in [5.41, 5.74) is 29.8. The molecule has 2 unspecified atom stereocenters. The zero-order valence-corrected chi connectivity index (χ0v) is 43.4. The molecule has 0 amide bonds. The molecule has 0 heteroatoms. The van der Waals surface area contributed by atoms with E-state index in [9.17, 15) is 0 Å². The predicted octanol–water partition coefficient (Wildman–Crippen LogP) is 19.7. The third kappa shape index (κ3) is 8.12. The second-order valence-corrected chi connectivity index (χ2v) is 21.5. The highest BCUT2D eigenvalue weighted by Crippen LogP contribution is 2.54. The minimum atomic E-state index is -0.0513. The number of hydrogen-bond acceptors (Lipinski definition) is 0. The molecule has 0 spiro atoms. The van der Waals surface area contributed by atoms with Crippen LogP contribution in [0.3, 0.4) is 0 Å². The first-order chi connectivity index (χ1) is 35.0. The molecule has 2 atom stereocenters. The van der Waals surface area contributed by atoms with E-state index in [-0.39, 0.29) is 10.8 Å². The summed E-state index contributed by atoms with van der Waals surface area (Å²) in [6, 6.07) is 74.5. The lowest BCUT2D eigenvalue weighted by molar-refractivity contribution is 0.554. The van der Waals surface area contributed by atoms with Crippen LogP contribution in [0.2, 0.25) is 0 Å². The van der Waals surface area contributed by atoms with Crippen LogP contribution >= 0.6 is 0 Å². The van der Waals surface area contributed by atoms with Gasteiger partial charge in [0.15, 0.2) is 0 Å². The normalized spacial score (nSPS) is 16.4. The first kappa shape index (κ1) is 46.8. The second kappa shape index (κ2) is 18.9. The van der Waals surface area contributed by atoms with Crippen LogP contribution in [0, 0.1) is 13.8 Å². The molecule has 0 heterocycles. The van der Waals surface area contributed by atoms with Crippen LogP contribution in [0.4, 0.5) is 0 Å². The highest BCUT2D eigenvalue weighted by Gasteiger charge is 2.39. The van der Waals surface area contributed by atoms with Crippen LogP contribution in [0.1, 0.15) is 127 Å².